The molecule has 0 aliphatic rings. The molecule has 2 unspecified atom stereocenters. The molecule has 5 heteroatoms. The number of benzene rings is 1. The molecule has 0 aliphatic heterocycles. The van der Waals surface area contributed by atoms with Crippen molar-refractivity contribution >= 4 is 5.91 Å². The lowest BCUT2D eigenvalue weighted by Gasteiger charge is -2.31. The summed E-state index contributed by atoms with van der Waals surface area (Å²) in [6.45, 7) is 1.98. The third-order valence-corrected chi connectivity index (χ3v) is 2.87. The van der Waals surface area contributed by atoms with E-state index in [9.17, 15) is 9.18 Å². The number of rotatable bonds is 5. The average molecular weight is 253 g/mol. The molecule has 1 aromatic carbocycles. The van der Waals surface area contributed by atoms with E-state index in [1.165, 1.54) is 6.07 Å². The molecule has 18 heavy (non-hydrogen) atoms. The zero-order valence-corrected chi connectivity index (χ0v) is 11.0. The van der Waals surface area contributed by atoms with Crippen LogP contribution in [0.5, 0.6) is 0 Å². The first-order chi connectivity index (χ1) is 8.47. The number of nitrogens with one attached hydrogen (secondary N) is 1. The van der Waals surface area contributed by atoms with Gasteiger partial charge in [0.15, 0.2) is 0 Å². The Morgan fingerprint density at radius 1 is 1.50 bits per heavy atom. The fourth-order valence-corrected chi connectivity index (χ4v) is 2.04. The van der Waals surface area contributed by atoms with Crippen LogP contribution >= 0.6 is 0 Å². The van der Waals surface area contributed by atoms with E-state index >= 15 is 0 Å². The molecular weight excluding hydrogens is 233 g/mol. The Morgan fingerprint density at radius 2 is 2.11 bits per heavy atom. The Kier molecular flexibility index (Phi) is 5.25. The van der Waals surface area contributed by atoms with Crippen molar-refractivity contribution in [2.45, 2.75) is 19.0 Å². The highest BCUT2D eigenvalue weighted by atomic mass is 19.1. The molecular formula is C13H20FN3O. The second-order valence-electron chi connectivity index (χ2n) is 4.41. The largest absolute Gasteiger partial charge is 0.358 e. The van der Waals surface area contributed by atoms with Gasteiger partial charge in [0, 0.05) is 18.7 Å². The van der Waals surface area contributed by atoms with Crippen molar-refractivity contribution in [3.8, 4) is 0 Å². The summed E-state index contributed by atoms with van der Waals surface area (Å²) in [6, 6.07) is 5.89. The number of carbonyl (C=O) groups excluding carboxylic acids is 1. The molecule has 0 heterocycles. The first kappa shape index (κ1) is 14.6. The lowest BCUT2D eigenvalue weighted by molar-refractivity contribution is -0.122. The Hall–Kier alpha value is -1.46. The van der Waals surface area contributed by atoms with E-state index in [1.807, 2.05) is 0 Å². The van der Waals surface area contributed by atoms with Gasteiger partial charge in [0.05, 0.1) is 12.6 Å². The number of amides is 1. The quantitative estimate of drug-likeness (QED) is 0.819. The highest BCUT2D eigenvalue weighted by Gasteiger charge is 2.24. The Balaban J connectivity index is 2.96. The molecule has 0 aromatic heterocycles. The molecule has 0 saturated carbocycles. The molecule has 0 spiro atoms. The van der Waals surface area contributed by atoms with Crippen molar-refractivity contribution in [3.05, 3.63) is 35.6 Å². The van der Waals surface area contributed by atoms with Gasteiger partial charge in [-0.1, -0.05) is 18.2 Å². The molecule has 1 rings (SSSR count). The summed E-state index contributed by atoms with van der Waals surface area (Å²) in [5, 5.41) is 2.54. The van der Waals surface area contributed by atoms with E-state index in [-0.39, 0.29) is 30.4 Å². The molecule has 0 radical (unpaired) electrons. The number of hydrogen-bond donors (Lipinski definition) is 2. The van der Waals surface area contributed by atoms with Crippen LogP contribution < -0.4 is 11.1 Å². The lowest BCUT2D eigenvalue weighted by atomic mass is 9.99. The van der Waals surface area contributed by atoms with Gasteiger partial charge in [-0.15, -0.1) is 0 Å². The van der Waals surface area contributed by atoms with E-state index in [1.54, 1.807) is 44.1 Å². The van der Waals surface area contributed by atoms with Crippen LogP contribution in [0.2, 0.25) is 0 Å². The summed E-state index contributed by atoms with van der Waals surface area (Å²) >= 11 is 0. The van der Waals surface area contributed by atoms with Crippen LogP contribution in [0.15, 0.2) is 24.3 Å². The van der Waals surface area contributed by atoms with Gasteiger partial charge in [0.2, 0.25) is 5.91 Å². The predicted molar refractivity (Wildman–Crippen MR) is 69.5 cm³/mol. The Morgan fingerprint density at radius 3 is 2.61 bits per heavy atom. The van der Waals surface area contributed by atoms with Gasteiger partial charge in [0.25, 0.3) is 0 Å². The van der Waals surface area contributed by atoms with E-state index < -0.39 is 0 Å². The maximum absolute atomic E-state index is 13.8. The highest BCUT2D eigenvalue weighted by Crippen LogP contribution is 2.24. The van der Waals surface area contributed by atoms with Crippen LogP contribution in [0.1, 0.15) is 18.5 Å². The molecule has 1 aromatic rings. The van der Waals surface area contributed by atoms with Crippen molar-refractivity contribution in [2.24, 2.45) is 5.73 Å². The number of halogens is 1. The second-order valence-corrected chi connectivity index (χ2v) is 4.41. The molecule has 0 saturated heterocycles. The first-order valence-corrected chi connectivity index (χ1v) is 5.88. The monoisotopic (exact) mass is 253 g/mol. The standard InChI is InChI=1S/C13H20FN3O/c1-9(15)13(17(3)8-12(18)16-2)10-6-4-5-7-11(10)14/h4-7,9,13H,8,15H2,1-3H3,(H,16,18). The SMILES string of the molecule is CNC(=O)CN(C)C(c1ccccc1F)C(C)N. The summed E-state index contributed by atoms with van der Waals surface area (Å²) in [7, 11) is 3.33. The van der Waals surface area contributed by atoms with Gasteiger partial charge in [-0.3, -0.25) is 9.69 Å². The molecule has 0 aliphatic carbocycles. The fourth-order valence-electron chi connectivity index (χ4n) is 2.04. The number of likely N-dealkylation sites (N-methyl/N-ethyl adjacent to an activating group) is 2. The molecule has 100 valence electrons. The minimum absolute atomic E-state index is 0.125. The summed E-state index contributed by atoms with van der Waals surface area (Å²) in [4.78, 5) is 13.1. The van der Waals surface area contributed by atoms with Crippen molar-refractivity contribution in [3.63, 3.8) is 0 Å². The highest BCUT2D eigenvalue weighted by molar-refractivity contribution is 5.77. The Bertz CT molecular complexity index is 409. The van der Waals surface area contributed by atoms with E-state index in [4.69, 9.17) is 5.73 Å². The summed E-state index contributed by atoms with van der Waals surface area (Å²) in [5.74, 6) is -0.428. The van der Waals surface area contributed by atoms with E-state index in [0.717, 1.165) is 0 Å². The zero-order chi connectivity index (χ0) is 13.7. The fraction of sp³-hybridized carbons (Fsp3) is 0.462. The number of carbonyl (C=O) groups is 1. The summed E-state index contributed by atoms with van der Waals surface area (Å²) in [6.07, 6.45) is 0. The second kappa shape index (κ2) is 6.47. The van der Waals surface area contributed by atoms with Gasteiger partial charge >= 0.3 is 0 Å². The summed E-state index contributed by atoms with van der Waals surface area (Å²) in [5.41, 5.74) is 6.43. The molecule has 2 atom stereocenters. The third-order valence-electron chi connectivity index (χ3n) is 2.87. The minimum Gasteiger partial charge on any atom is -0.358 e. The van der Waals surface area contributed by atoms with Gasteiger partial charge in [-0.25, -0.2) is 4.39 Å². The normalized spacial score (nSPS) is 14.3. The van der Waals surface area contributed by atoms with Gasteiger partial charge in [0.1, 0.15) is 5.82 Å². The third kappa shape index (κ3) is 3.51. The van der Waals surface area contributed by atoms with Crippen LogP contribution in [0.3, 0.4) is 0 Å². The van der Waals surface area contributed by atoms with Crippen LogP contribution in [0, 0.1) is 5.82 Å². The van der Waals surface area contributed by atoms with Gasteiger partial charge in [-0.2, -0.15) is 0 Å². The smallest absolute Gasteiger partial charge is 0.233 e. The molecule has 0 bridgehead atoms. The zero-order valence-electron chi connectivity index (χ0n) is 11.0. The van der Waals surface area contributed by atoms with Crippen LogP contribution in [-0.2, 0) is 4.79 Å². The Labute approximate surface area is 107 Å². The van der Waals surface area contributed by atoms with Crippen molar-refractivity contribution < 1.29 is 9.18 Å². The van der Waals surface area contributed by atoms with Crippen molar-refractivity contribution in [2.75, 3.05) is 20.6 Å². The van der Waals surface area contributed by atoms with E-state index in [0.29, 0.717) is 5.56 Å². The lowest BCUT2D eigenvalue weighted by Crippen LogP contribution is -2.42. The first-order valence-electron chi connectivity index (χ1n) is 5.88. The van der Waals surface area contributed by atoms with Crippen LogP contribution in [0.4, 0.5) is 4.39 Å². The van der Waals surface area contributed by atoms with Crippen LogP contribution in [-0.4, -0.2) is 37.5 Å². The number of hydrogen-bond acceptors (Lipinski definition) is 3. The topological polar surface area (TPSA) is 58.4 Å². The predicted octanol–water partition coefficient (Wildman–Crippen LogP) is 0.892. The number of nitrogens with zero attached hydrogens (tertiary/aromatic N) is 1. The molecule has 3 N–H and O–H groups in total. The van der Waals surface area contributed by atoms with Crippen molar-refractivity contribution in [1.29, 1.82) is 0 Å². The maximum Gasteiger partial charge on any atom is 0.233 e. The van der Waals surface area contributed by atoms with Gasteiger partial charge in [-0.05, 0) is 20.0 Å². The minimum atomic E-state index is -0.330. The maximum atomic E-state index is 13.8. The molecule has 4 nitrogen and oxygen atoms in total. The average Bonchev–Trinajstić information content (AvgIpc) is 2.31. The van der Waals surface area contributed by atoms with E-state index in [2.05, 4.69) is 5.32 Å². The summed E-state index contributed by atoms with van der Waals surface area (Å²) < 4.78 is 13.8. The van der Waals surface area contributed by atoms with Gasteiger partial charge < -0.3 is 11.1 Å². The molecule has 1 amide bonds. The van der Waals surface area contributed by atoms with Crippen LogP contribution in [0.25, 0.3) is 0 Å². The number of nitrogens with two attached hydrogens (primary N) is 1. The van der Waals surface area contributed by atoms with Crippen molar-refractivity contribution in [1.82, 2.24) is 10.2 Å². The molecule has 0 fully saturated rings.